The van der Waals surface area contributed by atoms with Crippen molar-refractivity contribution in [2.24, 2.45) is 5.41 Å². The molecule has 1 fully saturated rings. The summed E-state index contributed by atoms with van der Waals surface area (Å²) in [4.78, 5) is -0.0839. The van der Waals surface area contributed by atoms with Crippen molar-refractivity contribution in [1.29, 1.82) is 0 Å². The largest absolute Gasteiger partial charge is 0.396 e. The summed E-state index contributed by atoms with van der Waals surface area (Å²) in [6.07, 6.45) is 1.63. The molecule has 1 saturated carbocycles. The summed E-state index contributed by atoms with van der Waals surface area (Å²) >= 11 is 0. The first kappa shape index (κ1) is 13.5. The Morgan fingerprint density at radius 2 is 2.11 bits per heavy atom. The van der Waals surface area contributed by atoms with Crippen molar-refractivity contribution in [2.45, 2.75) is 24.7 Å². The minimum absolute atomic E-state index is 0.0300. The summed E-state index contributed by atoms with van der Waals surface area (Å²) in [5.74, 6) is -0.541. The SMILES string of the molecule is Cc1ccc(S(=O)(=O)NCC2(CO)CC2)cc1F. The zero-order valence-corrected chi connectivity index (χ0v) is 10.9. The van der Waals surface area contributed by atoms with Crippen molar-refractivity contribution in [3.63, 3.8) is 0 Å². The lowest BCUT2D eigenvalue weighted by atomic mass is 10.1. The van der Waals surface area contributed by atoms with Crippen molar-refractivity contribution in [3.8, 4) is 0 Å². The van der Waals surface area contributed by atoms with Gasteiger partial charge < -0.3 is 5.11 Å². The standard InChI is InChI=1S/C12H16FNO3S/c1-9-2-3-10(6-11(9)13)18(16,17)14-7-12(8-15)4-5-12/h2-3,6,14-15H,4-5,7-8H2,1H3. The molecule has 0 spiro atoms. The van der Waals surface area contributed by atoms with Crippen LogP contribution in [0.2, 0.25) is 0 Å². The third-order valence-corrected chi connectivity index (χ3v) is 4.78. The van der Waals surface area contributed by atoms with Gasteiger partial charge in [0, 0.05) is 18.6 Å². The van der Waals surface area contributed by atoms with Gasteiger partial charge in [-0.1, -0.05) is 6.07 Å². The van der Waals surface area contributed by atoms with Crippen LogP contribution in [0.4, 0.5) is 4.39 Å². The molecule has 6 heteroatoms. The van der Waals surface area contributed by atoms with E-state index in [2.05, 4.69) is 4.72 Å². The Labute approximate surface area is 106 Å². The molecule has 0 atom stereocenters. The first-order valence-electron chi connectivity index (χ1n) is 5.75. The minimum Gasteiger partial charge on any atom is -0.396 e. The number of sulfonamides is 1. The van der Waals surface area contributed by atoms with Crippen LogP contribution >= 0.6 is 0 Å². The van der Waals surface area contributed by atoms with Crippen LogP contribution in [0.1, 0.15) is 18.4 Å². The second kappa shape index (κ2) is 4.60. The number of hydrogen-bond acceptors (Lipinski definition) is 3. The molecule has 2 N–H and O–H groups in total. The molecule has 1 aliphatic carbocycles. The number of hydrogen-bond donors (Lipinski definition) is 2. The molecular formula is C12H16FNO3S. The Kier molecular flexibility index (Phi) is 3.44. The Bertz CT molecular complexity index is 552. The summed E-state index contributed by atoms with van der Waals surface area (Å²) in [5, 5.41) is 9.11. The van der Waals surface area contributed by atoms with Crippen molar-refractivity contribution < 1.29 is 17.9 Å². The summed E-state index contributed by atoms with van der Waals surface area (Å²) in [6.45, 7) is 1.74. The van der Waals surface area contributed by atoms with Crippen LogP contribution < -0.4 is 4.72 Å². The van der Waals surface area contributed by atoms with E-state index >= 15 is 0 Å². The molecule has 0 aromatic heterocycles. The first-order valence-corrected chi connectivity index (χ1v) is 7.24. The molecule has 1 aromatic rings. The van der Waals surface area contributed by atoms with E-state index < -0.39 is 15.8 Å². The van der Waals surface area contributed by atoms with Crippen LogP contribution in [0.3, 0.4) is 0 Å². The quantitative estimate of drug-likeness (QED) is 0.846. The van der Waals surface area contributed by atoms with E-state index in [1.165, 1.54) is 12.1 Å². The lowest BCUT2D eigenvalue weighted by Gasteiger charge is -2.13. The fourth-order valence-corrected chi connectivity index (χ4v) is 2.81. The van der Waals surface area contributed by atoms with Crippen LogP contribution in [-0.2, 0) is 10.0 Å². The second-order valence-corrected chi connectivity index (χ2v) is 6.66. The zero-order chi connectivity index (χ0) is 13.4. The third kappa shape index (κ3) is 2.71. The monoisotopic (exact) mass is 273 g/mol. The molecule has 0 saturated heterocycles. The Balaban J connectivity index is 2.13. The van der Waals surface area contributed by atoms with Gasteiger partial charge in [0.1, 0.15) is 5.82 Å². The molecule has 100 valence electrons. The Hall–Kier alpha value is -0.980. The fraction of sp³-hybridized carbons (Fsp3) is 0.500. The average Bonchev–Trinajstić information content (AvgIpc) is 3.11. The highest BCUT2D eigenvalue weighted by Gasteiger charge is 2.42. The molecule has 0 amide bonds. The van der Waals surface area contributed by atoms with Crippen molar-refractivity contribution in [3.05, 3.63) is 29.6 Å². The van der Waals surface area contributed by atoms with Gasteiger partial charge in [0.25, 0.3) is 0 Å². The molecule has 0 bridgehead atoms. The van der Waals surface area contributed by atoms with E-state index in [9.17, 15) is 12.8 Å². The van der Waals surface area contributed by atoms with Gasteiger partial charge in [-0.05, 0) is 37.5 Å². The maximum absolute atomic E-state index is 13.3. The van der Waals surface area contributed by atoms with Crippen LogP contribution in [0.5, 0.6) is 0 Å². The van der Waals surface area contributed by atoms with Gasteiger partial charge in [-0.25, -0.2) is 17.5 Å². The highest BCUT2D eigenvalue weighted by molar-refractivity contribution is 7.89. The van der Waals surface area contributed by atoms with E-state index in [0.29, 0.717) is 5.56 Å². The smallest absolute Gasteiger partial charge is 0.240 e. The van der Waals surface area contributed by atoms with Crippen LogP contribution in [0.15, 0.2) is 23.1 Å². The number of rotatable bonds is 5. The van der Waals surface area contributed by atoms with Crippen molar-refractivity contribution in [1.82, 2.24) is 4.72 Å². The maximum Gasteiger partial charge on any atom is 0.240 e. The van der Waals surface area contributed by atoms with Gasteiger partial charge in [-0.2, -0.15) is 0 Å². The van der Waals surface area contributed by atoms with E-state index in [1.54, 1.807) is 6.92 Å². The predicted molar refractivity (Wildman–Crippen MR) is 65.1 cm³/mol. The molecule has 0 heterocycles. The second-order valence-electron chi connectivity index (χ2n) is 4.89. The normalized spacial score (nSPS) is 17.7. The third-order valence-electron chi connectivity index (χ3n) is 3.38. The van der Waals surface area contributed by atoms with Crippen LogP contribution in [-0.4, -0.2) is 26.7 Å². The molecule has 0 aliphatic heterocycles. The number of halogens is 1. The Morgan fingerprint density at radius 1 is 1.44 bits per heavy atom. The van der Waals surface area contributed by atoms with Gasteiger partial charge in [0.15, 0.2) is 0 Å². The molecule has 0 unspecified atom stereocenters. The van der Waals surface area contributed by atoms with Gasteiger partial charge in [-0.15, -0.1) is 0 Å². The lowest BCUT2D eigenvalue weighted by Crippen LogP contribution is -2.32. The summed E-state index contributed by atoms with van der Waals surface area (Å²) in [5.41, 5.74) is 0.0963. The van der Waals surface area contributed by atoms with Gasteiger partial charge in [0.2, 0.25) is 10.0 Å². The number of aryl methyl sites for hydroxylation is 1. The maximum atomic E-state index is 13.3. The molecule has 0 radical (unpaired) electrons. The van der Waals surface area contributed by atoms with E-state index in [0.717, 1.165) is 18.9 Å². The lowest BCUT2D eigenvalue weighted by molar-refractivity contribution is 0.213. The number of benzene rings is 1. The summed E-state index contributed by atoms with van der Waals surface area (Å²) in [6, 6.07) is 3.82. The van der Waals surface area contributed by atoms with Gasteiger partial charge in [-0.3, -0.25) is 0 Å². The molecule has 2 rings (SSSR count). The molecular weight excluding hydrogens is 257 g/mol. The van der Waals surface area contributed by atoms with Crippen LogP contribution in [0.25, 0.3) is 0 Å². The molecule has 1 aromatic carbocycles. The summed E-state index contributed by atoms with van der Waals surface area (Å²) < 4.78 is 39.6. The van der Waals surface area contributed by atoms with Crippen molar-refractivity contribution >= 4 is 10.0 Å². The topological polar surface area (TPSA) is 66.4 Å². The average molecular weight is 273 g/mol. The van der Waals surface area contributed by atoms with E-state index in [4.69, 9.17) is 5.11 Å². The predicted octanol–water partition coefficient (Wildman–Crippen LogP) is 1.18. The Morgan fingerprint density at radius 3 is 2.61 bits per heavy atom. The number of aliphatic hydroxyl groups is 1. The number of nitrogens with one attached hydrogen (secondary N) is 1. The molecule has 4 nitrogen and oxygen atoms in total. The highest BCUT2D eigenvalue weighted by atomic mass is 32.2. The zero-order valence-electron chi connectivity index (χ0n) is 10.1. The molecule has 1 aliphatic rings. The fourth-order valence-electron chi connectivity index (χ4n) is 1.64. The molecule has 18 heavy (non-hydrogen) atoms. The van der Waals surface area contributed by atoms with Crippen LogP contribution in [0, 0.1) is 18.2 Å². The first-order chi connectivity index (χ1) is 8.38. The van der Waals surface area contributed by atoms with Gasteiger partial charge in [0.05, 0.1) is 4.90 Å². The minimum atomic E-state index is -3.70. The summed E-state index contributed by atoms with van der Waals surface area (Å²) in [7, 11) is -3.70. The van der Waals surface area contributed by atoms with E-state index in [-0.39, 0.29) is 23.5 Å². The van der Waals surface area contributed by atoms with Crippen molar-refractivity contribution in [2.75, 3.05) is 13.2 Å². The van der Waals surface area contributed by atoms with E-state index in [1.807, 2.05) is 0 Å². The van der Waals surface area contributed by atoms with Gasteiger partial charge >= 0.3 is 0 Å². The highest BCUT2D eigenvalue weighted by Crippen LogP contribution is 2.44. The number of aliphatic hydroxyl groups excluding tert-OH is 1.